The predicted molar refractivity (Wildman–Crippen MR) is 81.0 cm³/mol. The molecule has 0 aliphatic rings. The standard InChI is InChI=1S/C11H17ClFN3O2S.ClH/c1-14-6-7-15-19(17,18)16(2)8-9-10(12)4-3-5-11(9)13;/h3-5,14-15H,6-8H2,1-2H3;1H. The molecule has 0 radical (unpaired) electrons. The number of hydrogen-bond acceptors (Lipinski definition) is 3. The summed E-state index contributed by atoms with van der Waals surface area (Å²) in [6.07, 6.45) is 0. The second-order valence-corrected chi connectivity index (χ2v) is 6.23. The zero-order chi connectivity index (χ0) is 14.5. The fraction of sp³-hybridized carbons (Fsp3) is 0.455. The van der Waals surface area contributed by atoms with Crippen LogP contribution in [0.2, 0.25) is 5.02 Å². The van der Waals surface area contributed by atoms with Gasteiger partial charge in [0.05, 0.1) is 0 Å². The van der Waals surface area contributed by atoms with Gasteiger partial charge in [0.2, 0.25) is 0 Å². The predicted octanol–water partition coefficient (Wildman–Crippen LogP) is 1.39. The van der Waals surface area contributed by atoms with Crippen molar-refractivity contribution in [3.63, 3.8) is 0 Å². The average molecular weight is 346 g/mol. The van der Waals surface area contributed by atoms with Crippen molar-refractivity contribution in [2.24, 2.45) is 0 Å². The van der Waals surface area contributed by atoms with Crippen molar-refractivity contribution < 1.29 is 12.8 Å². The molecule has 2 N–H and O–H groups in total. The van der Waals surface area contributed by atoms with E-state index in [1.165, 1.54) is 25.2 Å². The van der Waals surface area contributed by atoms with Crippen molar-refractivity contribution in [3.8, 4) is 0 Å². The molecule has 0 atom stereocenters. The zero-order valence-corrected chi connectivity index (χ0v) is 13.6. The Bertz CT molecular complexity index is 508. The lowest BCUT2D eigenvalue weighted by atomic mass is 10.2. The highest BCUT2D eigenvalue weighted by Gasteiger charge is 2.19. The number of halogens is 3. The van der Waals surface area contributed by atoms with Crippen LogP contribution in [-0.4, -0.2) is 39.9 Å². The molecule has 0 aliphatic heterocycles. The number of nitrogens with zero attached hydrogens (tertiary/aromatic N) is 1. The fourth-order valence-electron chi connectivity index (χ4n) is 1.41. The lowest BCUT2D eigenvalue weighted by molar-refractivity contribution is 0.446. The van der Waals surface area contributed by atoms with Crippen LogP contribution < -0.4 is 10.0 Å². The molecule has 0 spiro atoms. The first kappa shape index (κ1) is 19.6. The molecule has 5 nitrogen and oxygen atoms in total. The van der Waals surface area contributed by atoms with Crippen molar-refractivity contribution in [1.82, 2.24) is 14.3 Å². The van der Waals surface area contributed by atoms with Gasteiger partial charge in [-0.2, -0.15) is 12.7 Å². The first-order valence-electron chi connectivity index (χ1n) is 5.67. The SMILES string of the molecule is CNCCNS(=O)(=O)N(C)Cc1c(F)cccc1Cl.Cl. The highest BCUT2D eigenvalue weighted by atomic mass is 35.5. The molecule has 0 unspecified atom stereocenters. The fourth-order valence-corrected chi connectivity index (χ4v) is 2.51. The van der Waals surface area contributed by atoms with Crippen LogP contribution in [0.1, 0.15) is 5.56 Å². The third kappa shape index (κ3) is 5.51. The maximum absolute atomic E-state index is 13.6. The van der Waals surface area contributed by atoms with Crippen LogP contribution in [0, 0.1) is 5.82 Å². The van der Waals surface area contributed by atoms with Gasteiger partial charge in [0.15, 0.2) is 0 Å². The molecule has 0 aliphatic carbocycles. The summed E-state index contributed by atoms with van der Waals surface area (Å²) in [6.45, 7) is 0.641. The third-order valence-corrected chi connectivity index (χ3v) is 4.39. The molecule has 20 heavy (non-hydrogen) atoms. The van der Waals surface area contributed by atoms with Crippen LogP contribution in [0.5, 0.6) is 0 Å². The van der Waals surface area contributed by atoms with E-state index in [0.717, 1.165) is 4.31 Å². The smallest absolute Gasteiger partial charge is 0.279 e. The van der Waals surface area contributed by atoms with Crippen LogP contribution in [0.4, 0.5) is 4.39 Å². The van der Waals surface area contributed by atoms with Crippen LogP contribution in [0.3, 0.4) is 0 Å². The van der Waals surface area contributed by atoms with E-state index in [4.69, 9.17) is 11.6 Å². The summed E-state index contributed by atoms with van der Waals surface area (Å²) in [7, 11) is -0.561. The van der Waals surface area contributed by atoms with Gasteiger partial charge in [-0.25, -0.2) is 9.11 Å². The van der Waals surface area contributed by atoms with E-state index in [1.54, 1.807) is 7.05 Å². The van der Waals surface area contributed by atoms with E-state index in [-0.39, 0.29) is 36.1 Å². The highest BCUT2D eigenvalue weighted by Crippen LogP contribution is 2.20. The second kappa shape index (κ2) is 8.76. The Morgan fingerprint density at radius 2 is 2.00 bits per heavy atom. The van der Waals surface area contributed by atoms with E-state index in [1.807, 2.05) is 0 Å². The monoisotopic (exact) mass is 345 g/mol. The Balaban J connectivity index is 0.00000361. The number of hydrogen-bond donors (Lipinski definition) is 2. The summed E-state index contributed by atoms with van der Waals surface area (Å²) < 4.78 is 40.7. The van der Waals surface area contributed by atoms with Gasteiger partial charge < -0.3 is 5.32 Å². The van der Waals surface area contributed by atoms with Crippen molar-refractivity contribution in [1.29, 1.82) is 0 Å². The molecular weight excluding hydrogens is 328 g/mol. The van der Waals surface area contributed by atoms with Crippen LogP contribution in [0.15, 0.2) is 18.2 Å². The number of rotatable bonds is 7. The van der Waals surface area contributed by atoms with Gasteiger partial charge in [0, 0.05) is 37.3 Å². The summed E-state index contributed by atoms with van der Waals surface area (Å²) >= 11 is 5.86. The Hall–Kier alpha value is -0.440. The van der Waals surface area contributed by atoms with Crippen LogP contribution in [0.25, 0.3) is 0 Å². The normalized spacial score (nSPS) is 11.4. The minimum atomic E-state index is -3.65. The first-order chi connectivity index (χ1) is 8.88. The quantitative estimate of drug-likeness (QED) is 0.734. The van der Waals surface area contributed by atoms with Crippen molar-refractivity contribution in [3.05, 3.63) is 34.6 Å². The van der Waals surface area contributed by atoms with Crippen molar-refractivity contribution >= 4 is 34.2 Å². The molecule has 9 heteroatoms. The summed E-state index contributed by atoms with van der Waals surface area (Å²) in [5.41, 5.74) is 0.158. The molecule has 0 saturated carbocycles. The van der Waals surface area contributed by atoms with Gasteiger partial charge in [-0.1, -0.05) is 17.7 Å². The van der Waals surface area contributed by atoms with Crippen molar-refractivity contribution in [2.75, 3.05) is 27.2 Å². The van der Waals surface area contributed by atoms with E-state index >= 15 is 0 Å². The van der Waals surface area contributed by atoms with E-state index in [0.29, 0.717) is 6.54 Å². The van der Waals surface area contributed by atoms with Gasteiger partial charge in [-0.15, -0.1) is 12.4 Å². The number of nitrogens with one attached hydrogen (secondary N) is 2. The largest absolute Gasteiger partial charge is 0.318 e. The maximum atomic E-state index is 13.6. The summed E-state index contributed by atoms with van der Waals surface area (Å²) in [6, 6.07) is 4.24. The van der Waals surface area contributed by atoms with E-state index < -0.39 is 16.0 Å². The van der Waals surface area contributed by atoms with Crippen LogP contribution in [-0.2, 0) is 16.8 Å². The Morgan fingerprint density at radius 1 is 1.35 bits per heavy atom. The van der Waals surface area contributed by atoms with Gasteiger partial charge in [-0.3, -0.25) is 0 Å². The Kier molecular flexibility index (Phi) is 8.57. The molecule has 1 rings (SSSR count). The molecular formula is C11H18Cl2FN3O2S. The second-order valence-electron chi connectivity index (χ2n) is 3.96. The summed E-state index contributed by atoms with van der Waals surface area (Å²) in [4.78, 5) is 0. The third-order valence-electron chi connectivity index (χ3n) is 2.51. The molecule has 1 aromatic rings. The minimum absolute atomic E-state index is 0. The average Bonchev–Trinajstić information content (AvgIpc) is 2.34. The Labute approximate surface area is 130 Å². The van der Waals surface area contributed by atoms with E-state index in [2.05, 4.69) is 10.0 Å². The summed E-state index contributed by atoms with van der Waals surface area (Å²) in [5, 5.41) is 3.03. The number of benzene rings is 1. The molecule has 0 heterocycles. The lowest BCUT2D eigenvalue weighted by Gasteiger charge is -2.18. The van der Waals surface area contributed by atoms with Gasteiger partial charge in [0.1, 0.15) is 5.82 Å². The minimum Gasteiger partial charge on any atom is -0.318 e. The molecule has 116 valence electrons. The van der Waals surface area contributed by atoms with Crippen LogP contribution >= 0.6 is 24.0 Å². The topological polar surface area (TPSA) is 61.4 Å². The van der Waals surface area contributed by atoms with Crippen molar-refractivity contribution in [2.45, 2.75) is 6.54 Å². The zero-order valence-electron chi connectivity index (χ0n) is 11.2. The first-order valence-corrected chi connectivity index (χ1v) is 7.48. The number of likely N-dealkylation sites (N-methyl/N-ethyl adjacent to an activating group) is 1. The van der Waals surface area contributed by atoms with Gasteiger partial charge in [0.25, 0.3) is 10.2 Å². The molecule has 0 aromatic heterocycles. The lowest BCUT2D eigenvalue weighted by Crippen LogP contribution is -2.40. The van der Waals surface area contributed by atoms with Gasteiger partial charge >= 0.3 is 0 Å². The molecule has 1 aromatic carbocycles. The maximum Gasteiger partial charge on any atom is 0.279 e. The highest BCUT2D eigenvalue weighted by molar-refractivity contribution is 7.87. The summed E-state index contributed by atoms with van der Waals surface area (Å²) in [5.74, 6) is -0.523. The molecule has 0 bridgehead atoms. The Morgan fingerprint density at radius 3 is 2.55 bits per heavy atom. The van der Waals surface area contributed by atoms with Gasteiger partial charge in [-0.05, 0) is 19.2 Å². The van der Waals surface area contributed by atoms with E-state index in [9.17, 15) is 12.8 Å². The molecule has 0 amide bonds. The molecule has 0 saturated heterocycles. The molecule has 0 fully saturated rings.